The second kappa shape index (κ2) is 8.80. The summed E-state index contributed by atoms with van der Waals surface area (Å²) in [5, 5.41) is 13.8. The first-order chi connectivity index (χ1) is 14.6. The van der Waals surface area contributed by atoms with Gasteiger partial charge in [-0.1, -0.05) is 13.8 Å². The van der Waals surface area contributed by atoms with Crippen molar-refractivity contribution < 1.29 is 32.2 Å². The molecule has 2 amide bonds. The van der Waals surface area contributed by atoms with E-state index in [0.717, 1.165) is 28.6 Å². The maximum atomic E-state index is 13.3. The molecule has 166 valence electrons. The Kier molecular flexibility index (Phi) is 6.34. The van der Waals surface area contributed by atoms with Crippen LogP contribution in [0.1, 0.15) is 13.8 Å². The fourth-order valence-electron chi connectivity index (χ4n) is 3.00. The van der Waals surface area contributed by atoms with Gasteiger partial charge in [0.25, 0.3) is 10.0 Å². The van der Waals surface area contributed by atoms with Gasteiger partial charge in [-0.05, 0) is 42.5 Å². The van der Waals surface area contributed by atoms with Gasteiger partial charge in [0.2, 0.25) is 5.91 Å². The molecule has 3 rings (SSSR count). The molecule has 0 saturated carbocycles. The van der Waals surface area contributed by atoms with Crippen molar-refractivity contribution in [2.75, 3.05) is 22.7 Å². The SMILES string of the molecule is CC(C)C(=O)NCC1CN(S(=O)(=O)c2ccc(F)cc2)c2cc(NC(=O)O)ccc2O1. The van der Waals surface area contributed by atoms with E-state index in [1.165, 1.54) is 18.2 Å². The minimum atomic E-state index is -4.13. The van der Waals surface area contributed by atoms with Gasteiger partial charge in [-0.15, -0.1) is 0 Å². The molecule has 0 fully saturated rings. The van der Waals surface area contributed by atoms with E-state index in [0.29, 0.717) is 0 Å². The van der Waals surface area contributed by atoms with E-state index in [2.05, 4.69) is 10.6 Å². The van der Waals surface area contributed by atoms with Gasteiger partial charge in [0, 0.05) is 11.6 Å². The average Bonchev–Trinajstić information content (AvgIpc) is 2.71. The zero-order valence-electron chi connectivity index (χ0n) is 16.8. The molecular weight excluding hydrogens is 429 g/mol. The van der Waals surface area contributed by atoms with E-state index < -0.39 is 28.0 Å². The smallest absolute Gasteiger partial charge is 0.409 e. The van der Waals surface area contributed by atoms with Gasteiger partial charge in [0.15, 0.2) is 0 Å². The van der Waals surface area contributed by atoms with Crippen LogP contribution in [0, 0.1) is 11.7 Å². The third kappa shape index (κ3) is 5.05. The Hall–Kier alpha value is -3.34. The van der Waals surface area contributed by atoms with Gasteiger partial charge in [-0.25, -0.2) is 17.6 Å². The first-order valence-corrected chi connectivity index (χ1v) is 10.9. The van der Waals surface area contributed by atoms with Crippen molar-refractivity contribution in [3.05, 3.63) is 48.3 Å². The Bertz CT molecular complexity index is 1090. The third-order valence-electron chi connectivity index (χ3n) is 4.57. The van der Waals surface area contributed by atoms with Crippen LogP contribution in [-0.4, -0.2) is 44.7 Å². The number of rotatable bonds is 6. The highest BCUT2D eigenvalue weighted by atomic mass is 32.2. The van der Waals surface area contributed by atoms with E-state index in [9.17, 15) is 22.4 Å². The second-order valence-electron chi connectivity index (χ2n) is 7.24. The predicted octanol–water partition coefficient (Wildman–Crippen LogP) is 2.64. The van der Waals surface area contributed by atoms with E-state index in [-0.39, 0.29) is 46.9 Å². The Balaban J connectivity index is 1.99. The van der Waals surface area contributed by atoms with Gasteiger partial charge in [-0.3, -0.25) is 14.4 Å². The number of sulfonamides is 1. The molecule has 1 aliphatic heterocycles. The fourth-order valence-corrected chi connectivity index (χ4v) is 4.50. The quantitative estimate of drug-likeness (QED) is 0.620. The first kappa shape index (κ1) is 22.3. The summed E-state index contributed by atoms with van der Waals surface area (Å²) in [6.45, 7) is 3.39. The Labute approximate surface area is 178 Å². The summed E-state index contributed by atoms with van der Waals surface area (Å²) in [7, 11) is -4.13. The van der Waals surface area contributed by atoms with Crippen LogP contribution < -0.4 is 19.7 Å². The Morgan fingerprint density at radius 2 is 1.90 bits per heavy atom. The van der Waals surface area contributed by atoms with E-state index in [1.807, 2.05) is 0 Å². The van der Waals surface area contributed by atoms with Crippen molar-refractivity contribution in [3.8, 4) is 5.75 Å². The molecule has 1 atom stereocenters. The molecule has 0 saturated heterocycles. The number of benzene rings is 2. The summed E-state index contributed by atoms with van der Waals surface area (Å²) < 4.78 is 46.8. The Morgan fingerprint density at radius 1 is 1.23 bits per heavy atom. The molecule has 1 heterocycles. The number of anilines is 2. The third-order valence-corrected chi connectivity index (χ3v) is 6.37. The van der Waals surface area contributed by atoms with Crippen molar-refractivity contribution in [2.24, 2.45) is 5.92 Å². The number of halogens is 1. The number of carbonyl (C=O) groups excluding carboxylic acids is 1. The van der Waals surface area contributed by atoms with Crippen molar-refractivity contribution in [1.82, 2.24) is 5.32 Å². The van der Waals surface area contributed by atoms with E-state index in [1.54, 1.807) is 13.8 Å². The van der Waals surface area contributed by atoms with Crippen molar-refractivity contribution in [2.45, 2.75) is 24.8 Å². The molecule has 0 aliphatic carbocycles. The molecule has 0 bridgehead atoms. The molecule has 0 aromatic heterocycles. The van der Waals surface area contributed by atoms with Crippen LogP contribution in [0.5, 0.6) is 5.75 Å². The summed E-state index contributed by atoms with van der Waals surface area (Å²) in [6.07, 6.45) is -2.00. The standard InChI is InChI=1S/C20H22FN3O6S/c1-12(2)19(25)22-10-15-11-24(31(28,29)16-6-3-13(21)4-7-16)17-9-14(23-20(26)27)5-8-18(17)30-15/h3-9,12,15,23H,10-11H2,1-2H3,(H,22,25)(H,26,27). The molecule has 2 aromatic rings. The minimum absolute atomic E-state index is 0.0705. The zero-order chi connectivity index (χ0) is 22.8. The Morgan fingerprint density at radius 3 is 2.52 bits per heavy atom. The largest absolute Gasteiger partial charge is 0.484 e. The molecule has 1 aliphatic rings. The number of amides is 2. The van der Waals surface area contributed by atoms with Gasteiger partial charge in [0.1, 0.15) is 17.7 Å². The fraction of sp³-hybridized carbons (Fsp3) is 0.300. The first-order valence-electron chi connectivity index (χ1n) is 9.44. The van der Waals surface area contributed by atoms with Crippen LogP contribution in [0.3, 0.4) is 0 Å². The average molecular weight is 451 g/mol. The number of carbonyl (C=O) groups is 2. The number of carboxylic acid groups (broad SMARTS) is 1. The van der Waals surface area contributed by atoms with Crippen LogP contribution in [0.15, 0.2) is 47.4 Å². The zero-order valence-corrected chi connectivity index (χ0v) is 17.6. The number of nitrogens with zero attached hydrogens (tertiary/aromatic N) is 1. The number of fused-ring (bicyclic) bond motifs is 1. The molecule has 1 unspecified atom stereocenters. The topological polar surface area (TPSA) is 125 Å². The monoisotopic (exact) mass is 451 g/mol. The lowest BCUT2D eigenvalue weighted by atomic mass is 10.2. The molecule has 31 heavy (non-hydrogen) atoms. The minimum Gasteiger partial charge on any atom is -0.484 e. The van der Waals surface area contributed by atoms with Gasteiger partial charge in [0.05, 0.1) is 23.7 Å². The predicted molar refractivity (Wildman–Crippen MR) is 111 cm³/mol. The van der Waals surface area contributed by atoms with E-state index in [4.69, 9.17) is 9.84 Å². The van der Waals surface area contributed by atoms with Gasteiger partial charge >= 0.3 is 6.09 Å². The highest BCUT2D eigenvalue weighted by Crippen LogP contribution is 2.39. The number of hydrogen-bond acceptors (Lipinski definition) is 5. The molecule has 0 radical (unpaired) electrons. The van der Waals surface area contributed by atoms with Crippen LogP contribution >= 0.6 is 0 Å². The molecule has 3 N–H and O–H groups in total. The van der Waals surface area contributed by atoms with Crippen molar-refractivity contribution in [1.29, 1.82) is 0 Å². The maximum absolute atomic E-state index is 13.3. The van der Waals surface area contributed by atoms with Crippen molar-refractivity contribution >= 4 is 33.4 Å². The molecule has 2 aromatic carbocycles. The molecule has 9 nitrogen and oxygen atoms in total. The second-order valence-corrected chi connectivity index (χ2v) is 9.10. The maximum Gasteiger partial charge on any atom is 0.409 e. The summed E-state index contributed by atoms with van der Waals surface area (Å²) in [6, 6.07) is 8.60. The summed E-state index contributed by atoms with van der Waals surface area (Å²) in [4.78, 5) is 22.8. The van der Waals surface area contributed by atoms with Gasteiger partial charge < -0.3 is 15.2 Å². The van der Waals surface area contributed by atoms with Crippen LogP contribution in [0.25, 0.3) is 0 Å². The van der Waals surface area contributed by atoms with E-state index >= 15 is 0 Å². The highest BCUT2D eigenvalue weighted by molar-refractivity contribution is 7.92. The summed E-state index contributed by atoms with van der Waals surface area (Å²) in [5.74, 6) is -0.830. The lowest BCUT2D eigenvalue weighted by Crippen LogP contribution is -2.48. The normalized spacial score (nSPS) is 15.7. The number of ether oxygens (including phenoxy) is 1. The molecule has 11 heteroatoms. The summed E-state index contributed by atoms with van der Waals surface area (Å²) >= 11 is 0. The van der Waals surface area contributed by atoms with Crippen LogP contribution in [0.4, 0.5) is 20.6 Å². The number of nitrogens with one attached hydrogen (secondary N) is 2. The van der Waals surface area contributed by atoms with Gasteiger partial charge in [-0.2, -0.15) is 0 Å². The van der Waals surface area contributed by atoms with Crippen LogP contribution in [0.2, 0.25) is 0 Å². The molecule has 0 spiro atoms. The lowest BCUT2D eigenvalue weighted by Gasteiger charge is -2.36. The van der Waals surface area contributed by atoms with Crippen molar-refractivity contribution in [3.63, 3.8) is 0 Å². The van der Waals surface area contributed by atoms with Crippen LogP contribution in [-0.2, 0) is 14.8 Å². The highest BCUT2D eigenvalue weighted by Gasteiger charge is 2.35. The molecular formula is C20H22FN3O6S. The lowest BCUT2D eigenvalue weighted by molar-refractivity contribution is -0.124. The number of hydrogen-bond donors (Lipinski definition) is 3. The summed E-state index contributed by atoms with van der Waals surface area (Å²) in [5.41, 5.74) is 0.280.